The molecule has 0 saturated carbocycles. The highest BCUT2D eigenvalue weighted by Crippen LogP contribution is 2.17. The lowest BCUT2D eigenvalue weighted by Crippen LogP contribution is -2.30. The van der Waals surface area contributed by atoms with Gasteiger partial charge in [-0.1, -0.05) is 46.6 Å². The standard InChI is InChI=1S/C31H44FN3OS/c1-24(2)9-6-10-25(3)11-7-12-26(4)13-8-14-27(5)16-20-37-23-30(29-22-36-19-18-33-29)35-31-21-28(32)15-17-34-31/h9,11,13,15-18,21,29H,6-8,10,12,14,19-20,22-23H2,1-5H3. The summed E-state index contributed by atoms with van der Waals surface area (Å²) in [5.74, 6) is 1.64. The summed E-state index contributed by atoms with van der Waals surface area (Å²) in [4.78, 5) is 13.3. The number of aliphatic imine (C=N–C) groups is 2. The quantitative estimate of drug-likeness (QED) is 0.131. The Morgan fingerprint density at radius 3 is 2.24 bits per heavy atom. The van der Waals surface area contributed by atoms with E-state index in [2.05, 4.69) is 73.9 Å². The SMILES string of the molecule is CC(C)=CCCC(C)=CCCC(C)=CCCC(C)=CCSCC(=Nc1cc(F)ccn1)C1COCC=N1. The molecule has 2 heterocycles. The molecule has 202 valence electrons. The second-order valence-electron chi connectivity index (χ2n) is 9.88. The second kappa shape index (κ2) is 18.0. The molecule has 1 aromatic rings. The summed E-state index contributed by atoms with van der Waals surface area (Å²) in [6, 6.07) is 2.54. The molecule has 0 saturated heterocycles. The number of ether oxygens (including phenoxy) is 1. The van der Waals surface area contributed by atoms with Crippen LogP contribution < -0.4 is 0 Å². The maximum atomic E-state index is 13.6. The zero-order chi connectivity index (χ0) is 26.9. The average Bonchev–Trinajstić information content (AvgIpc) is 2.86. The van der Waals surface area contributed by atoms with Crippen LogP contribution in [0.15, 0.2) is 74.9 Å². The number of aromatic nitrogens is 1. The van der Waals surface area contributed by atoms with E-state index in [1.54, 1.807) is 18.0 Å². The van der Waals surface area contributed by atoms with Gasteiger partial charge in [-0.3, -0.25) is 4.99 Å². The fourth-order valence-corrected chi connectivity index (χ4v) is 4.77. The van der Waals surface area contributed by atoms with Crippen LogP contribution in [-0.4, -0.2) is 47.7 Å². The molecule has 4 nitrogen and oxygen atoms in total. The van der Waals surface area contributed by atoms with Crippen molar-refractivity contribution in [3.05, 3.63) is 70.7 Å². The molecule has 1 aromatic heterocycles. The molecule has 1 aliphatic heterocycles. The van der Waals surface area contributed by atoms with Crippen molar-refractivity contribution in [2.24, 2.45) is 9.98 Å². The second-order valence-corrected chi connectivity index (χ2v) is 10.9. The molecule has 0 amide bonds. The molecule has 1 aliphatic rings. The van der Waals surface area contributed by atoms with Crippen LogP contribution in [0, 0.1) is 5.82 Å². The summed E-state index contributed by atoms with van der Waals surface area (Å²) in [7, 11) is 0. The molecular weight excluding hydrogens is 481 g/mol. The summed E-state index contributed by atoms with van der Waals surface area (Å²) in [5, 5.41) is 0. The van der Waals surface area contributed by atoms with Crippen molar-refractivity contribution in [2.45, 2.75) is 79.2 Å². The predicted molar refractivity (Wildman–Crippen MR) is 160 cm³/mol. The number of rotatable bonds is 15. The van der Waals surface area contributed by atoms with Gasteiger partial charge in [0.25, 0.3) is 0 Å². The number of halogens is 1. The largest absolute Gasteiger partial charge is 0.373 e. The van der Waals surface area contributed by atoms with Crippen molar-refractivity contribution in [1.29, 1.82) is 0 Å². The van der Waals surface area contributed by atoms with E-state index < -0.39 is 0 Å². The number of pyridine rings is 1. The number of thioether (sulfide) groups is 1. The van der Waals surface area contributed by atoms with Crippen molar-refractivity contribution in [1.82, 2.24) is 4.98 Å². The first-order chi connectivity index (χ1) is 17.8. The molecule has 0 spiro atoms. The molecule has 0 aromatic carbocycles. The summed E-state index contributed by atoms with van der Waals surface area (Å²) in [6.45, 7) is 12.0. The maximum Gasteiger partial charge on any atom is 0.154 e. The smallest absolute Gasteiger partial charge is 0.154 e. The Balaban J connectivity index is 1.75. The fraction of sp³-hybridized carbons (Fsp3) is 0.516. The summed E-state index contributed by atoms with van der Waals surface area (Å²) >= 11 is 1.78. The Labute approximate surface area is 228 Å². The Hall–Kier alpha value is -2.31. The highest BCUT2D eigenvalue weighted by Gasteiger charge is 2.18. The van der Waals surface area contributed by atoms with Gasteiger partial charge in [0.05, 0.1) is 18.9 Å². The number of hydrogen-bond acceptors (Lipinski definition) is 5. The van der Waals surface area contributed by atoms with Crippen molar-refractivity contribution in [2.75, 3.05) is 24.7 Å². The third kappa shape index (κ3) is 14.3. The van der Waals surface area contributed by atoms with Crippen LogP contribution in [0.2, 0.25) is 0 Å². The van der Waals surface area contributed by atoms with E-state index in [1.807, 2.05) is 0 Å². The third-order valence-corrected chi connectivity index (χ3v) is 6.96. The first-order valence-electron chi connectivity index (χ1n) is 13.3. The zero-order valence-corrected chi connectivity index (χ0v) is 24.1. The van der Waals surface area contributed by atoms with Crippen LogP contribution in [0.3, 0.4) is 0 Å². The zero-order valence-electron chi connectivity index (χ0n) is 23.3. The summed E-state index contributed by atoms with van der Waals surface area (Å²) in [6.07, 6.45) is 19.3. The van der Waals surface area contributed by atoms with Gasteiger partial charge < -0.3 is 4.74 Å². The lowest BCUT2D eigenvalue weighted by Gasteiger charge is -2.18. The topological polar surface area (TPSA) is 46.8 Å². The predicted octanol–water partition coefficient (Wildman–Crippen LogP) is 8.64. The molecule has 0 N–H and O–H groups in total. The van der Waals surface area contributed by atoms with Crippen LogP contribution in [0.1, 0.15) is 73.1 Å². The highest BCUT2D eigenvalue weighted by molar-refractivity contribution is 8.00. The Bertz CT molecular complexity index is 1020. The van der Waals surface area contributed by atoms with Gasteiger partial charge in [0.1, 0.15) is 11.9 Å². The highest BCUT2D eigenvalue weighted by atomic mass is 32.2. The number of allylic oxidation sites excluding steroid dienone is 7. The molecule has 0 fully saturated rings. The van der Waals surface area contributed by atoms with Gasteiger partial charge in [0.2, 0.25) is 0 Å². The van der Waals surface area contributed by atoms with Gasteiger partial charge in [-0.05, 0) is 79.2 Å². The molecule has 2 rings (SSSR count). The van der Waals surface area contributed by atoms with Gasteiger partial charge in [0.15, 0.2) is 5.82 Å². The van der Waals surface area contributed by atoms with Gasteiger partial charge in [-0.15, -0.1) is 0 Å². The molecule has 37 heavy (non-hydrogen) atoms. The molecule has 0 aliphatic carbocycles. The third-order valence-electron chi connectivity index (χ3n) is 6.06. The van der Waals surface area contributed by atoms with E-state index in [0.29, 0.717) is 24.8 Å². The van der Waals surface area contributed by atoms with Crippen molar-refractivity contribution in [3.63, 3.8) is 0 Å². The van der Waals surface area contributed by atoms with E-state index in [0.717, 1.165) is 50.0 Å². The van der Waals surface area contributed by atoms with Crippen molar-refractivity contribution in [3.8, 4) is 0 Å². The summed E-state index contributed by atoms with van der Waals surface area (Å²) < 4.78 is 19.1. The van der Waals surface area contributed by atoms with E-state index in [-0.39, 0.29) is 11.9 Å². The molecule has 1 unspecified atom stereocenters. The minimum absolute atomic E-state index is 0.138. The van der Waals surface area contributed by atoms with Crippen molar-refractivity contribution < 1.29 is 9.13 Å². The van der Waals surface area contributed by atoms with Crippen molar-refractivity contribution >= 4 is 29.5 Å². The van der Waals surface area contributed by atoms with Gasteiger partial charge in [-0.2, -0.15) is 11.8 Å². The van der Waals surface area contributed by atoms with E-state index in [1.165, 1.54) is 40.6 Å². The van der Waals surface area contributed by atoms with E-state index >= 15 is 0 Å². The molecule has 0 radical (unpaired) electrons. The molecule has 0 bridgehead atoms. The van der Waals surface area contributed by atoms with Crippen LogP contribution in [0.25, 0.3) is 0 Å². The van der Waals surface area contributed by atoms with E-state index in [9.17, 15) is 4.39 Å². The minimum Gasteiger partial charge on any atom is -0.373 e. The normalized spacial score (nSPS) is 17.3. The number of nitrogens with zero attached hydrogens (tertiary/aromatic N) is 3. The summed E-state index contributed by atoms with van der Waals surface area (Å²) in [5.41, 5.74) is 6.62. The van der Waals surface area contributed by atoms with Gasteiger partial charge in [-0.25, -0.2) is 14.4 Å². The first-order valence-corrected chi connectivity index (χ1v) is 14.5. The number of hydrogen-bond donors (Lipinski definition) is 0. The molecular formula is C31H44FN3OS. The minimum atomic E-state index is -0.339. The lowest BCUT2D eigenvalue weighted by molar-refractivity contribution is 0.163. The average molecular weight is 526 g/mol. The Morgan fingerprint density at radius 2 is 1.65 bits per heavy atom. The Kier molecular flexibility index (Phi) is 15.1. The lowest BCUT2D eigenvalue weighted by atomic mass is 10.0. The van der Waals surface area contributed by atoms with E-state index in [4.69, 9.17) is 4.74 Å². The Morgan fingerprint density at radius 1 is 1.00 bits per heavy atom. The first kappa shape index (κ1) is 30.9. The van der Waals surface area contributed by atoms with Crippen LogP contribution in [0.4, 0.5) is 10.2 Å². The van der Waals surface area contributed by atoms with Crippen LogP contribution >= 0.6 is 11.8 Å². The van der Waals surface area contributed by atoms with Crippen LogP contribution in [-0.2, 0) is 4.74 Å². The fourth-order valence-electron chi connectivity index (χ4n) is 3.78. The maximum absolute atomic E-state index is 13.6. The van der Waals surface area contributed by atoms with Crippen LogP contribution in [0.5, 0.6) is 0 Å². The van der Waals surface area contributed by atoms with Gasteiger partial charge in [0, 0.05) is 30.0 Å². The molecule has 1 atom stereocenters. The molecule has 6 heteroatoms. The van der Waals surface area contributed by atoms with Gasteiger partial charge >= 0.3 is 0 Å². The monoisotopic (exact) mass is 525 g/mol.